The monoisotopic (exact) mass is 441 g/mol. The molecule has 10 heteroatoms. The molecule has 0 aromatic heterocycles. The Morgan fingerprint density at radius 2 is 1.77 bits per heavy atom. The molecule has 7 nitrogen and oxygen atoms in total. The molecule has 0 saturated carbocycles. The fraction of sp³-hybridized carbons (Fsp3) is 0.350. The highest BCUT2D eigenvalue weighted by molar-refractivity contribution is 7.89. The van der Waals surface area contributed by atoms with Crippen molar-refractivity contribution in [3.8, 4) is 5.75 Å². The first kappa shape index (κ1) is 23.6. The summed E-state index contributed by atoms with van der Waals surface area (Å²) in [5.74, 6) is -0.737. The fourth-order valence-electron chi connectivity index (χ4n) is 2.89. The van der Waals surface area contributed by atoms with Gasteiger partial charge in [0.25, 0.3) is 5.91 Å². The highest BCUT2D eigenvalue weighted by Crippen LogP contribution is 2.30. The second-order valence-corrected chi connectivity index (χ2v) is 8.46. The van der Waals surface area contributed by atoms with Gasteiger partial charge in [-0.05, 0) is 36.4 Å². The van der Waals surface area contributed by atoms with Crippen molar-refractivity contribution < 1.29 is 26.7 Å². The van der Waals surface area contributed by atoms with E-state index < -0.39 is 22.5 Å². The predicted octanol–water partition coefficient (Wildman–Crippen LogP) is 3.64. The quantitative estimate of drug-likeness (QED) is 0.643. The molecular formula is C20H25F2N3O4S. The van der Waals surface area contributed by atoms with E-state index in [-0.39, 0.29) is 21.9 Å². The third kappa shape index (κ3) is 5.45. The van der Waals surface area contributed by atoms with Gasteiger partial charge in [0, 0.05) is 32.7 Å². The van der Waals surface area contributed by atoms with Crippen LogP contribution < -0.4 is 15.0 Å². The molecule has 0 aliphatic rings. The van der Waals surface area contributed by atoms with Crippen molar-refractivity contribution in [3.63, 3.8) is 0 Å². The lowest BCUT2D eigenvalue weighted by Crippen LogP contribution is -2.30. The number of carbonyl (C=O) groups is 1. The maximum Gasteiger partial charge on any atom is 0.387 e. The first-order chi connectivity index (χ1) is 14.1. The lowest BCUT2D eigenvalue weighted by molar-refractivity contribution is -0.0498. The van der Waals surface area contributed by atoms with Crippen LogP contribution in [-0.4, -0.2) is 52.4 Å². The van der Waals surface area contributed by atoms with Gasteiger partial charge >= 0.3 is 6.61 Å². The van der Waals surface area contributed by atoms with Crippen LogP contribution >= 0.6 is 0 Å². The summed E-state index contributed by atoms with van der Waals surface area (Å²) in [6, 6.07) is 9.83. The molecule has 0 radical (unpaired) electrons. The molecule has 0 atom stereocenters. The van der Waals surface area contributed by atoms with Gasteiger partial charge in [-0.1, -0.05) is 19.9 Å². The first-order valence-electron chi connectivity index (χ1n) is 9.27. The third-order valence-electron chi connectivity index (χ3n) is 4.36. The standard InChI is InChI=1S/C20H25F2N3O4S/c1-5-25(6-2)30(27,28)16-10-11-18(24(3)4)17(13-16)23-19(26)14-8-7-9-15(12-14)29-20(21)22/h7-13,20H,5-6H2,1-4H3,(H,23,26). The summed E-state index contributed by atoms with van der Waals surface area (Å²) in [5, 5.41) is 2.67. The average molecular weight is 442 g/mol. The molecule has 164 valence electrons. The van der Waals surface area contributed by atoms with E-state index in [0.717, 1.165) is 0 Å². The SMILES string of the molecule is CCN(CC)S(=O)(=O)c1ccc(N(C)C)c(NC(=O)c2cccc(OC(F)F)c2)c1. The Bertz CT molecular complexity index is 993. The molecule has 30 heavy (non-hydrogen) atoms. The number of halogens is 2. The molecule has 0 saturated heterocycles. The number of sulfonamides is 1. The van der Waals surface area contributed by atoms with Crippen molar-refractivity contribution >= 4 is 27.3 Å². The van der Waals surface area contributed by atoms with Crippen LogP contribution in [0.4, 0.5) is 20.2 Å². The van der Waals surface area contributed by atoms with Crippen molar-refractivity contribution in [1.29, 1.82) is 0 Å². The zero-order valence-corrected chi connectivity index (χ0v) is 18.0. The molecule has 0 fully saturated rings. The summed E-state index contributed by atoms with van der Waals surface area (Å²) >= 11 is 0. The number of anilines is 2. The molecule has 1 amide bonds. The van der Waals surface area contributed by atoms with Gasteiger partial charge in [-0.3, -0.25) is 4.79 Å². The van der Waals surface area contributed by atoms with E-state index in [2.05, 4.69) is 10.1 Å². The fourth-order valence-corrected chi connectivity index (χ4v) is 4.37. The Labute approximate surface area is 175 Å². The highest BCUT2D eigenvalue weighted by atomic mass is 32.2. The summed E-state index contributed by atoms with van der Waals surface area (Å²) in [7, 11) is -0.225. The van der Waals surface area contributed by atoms with E-state index in [1.165, 1.54) is 40.7 Å². The van der Waals surface area contributed by atoms with Gasteiger partial charge in [-0.2, -0.15) is 13.1 Å². The number of carbonyl (C=O) groups excluding carboxylic acids is 1. The number of hydrogen-bond donors (Lipinski definition) is 1. The van der Waals surface area contributed by atoms with Crippen molar-refractivity contribution in [3.05, 3.63) is 48.0 Å². The Morgan fingerprint density at radius 3 is 2.33 bits per heavy atom. The number of alkyl halides is 2. The van der Waals surface area contributed by atoms with Crippen LogP contribution in [0, 0.1) is 0 Å². The summed E-state index contributed by atoms with van der Waals surface area (Å²) in [6.45, 7) is 1.10. The molecule has 1 N–H and O–H groups in total. The third-order valence-corrected chi connectivity index (χ3v) is 6.41. The minimum Gasteiger partial charge on any atom is -0.435 e. The second-order valence-electron chi connectivity index (χ2n) is 6.52. The van der Waals surface area contributed by atoms with Gasteiger partial charge in [0.05, 0.1) is 16.3 Å². The maximum atomic E-state index is 12.8. The Balaban J connectivity index is 2.41. The van der Waals surface area contributed by atoms with Crippen LogP contribution in [0.15, 0.2) is 47.4 Å². The van der Waals surface area contributed by atoms with Gasteiger partial charge < -0.3 is 15.0 Å². The zero-order valence-electron chi connectivity index (χ0n) is 17.2. The van der Waals surface area contributed by atoms with Crippen molar-refractivity contribution in [2.45, 2.75) is 25.4 Å². The summed E-state index contributed by atoms with van der Waals surface area (Å²) in [5.41, 5.74) is 0.954. The number of amides is 1. The van der Waals surface area contributed by atoms with Crippen molar-refractivity contribution in [2.75, 3.05) is 37.4 Å². The number of benzene rings is 2. The number of nitrogens with zero attached hydrogens (tertiary/aromatic N) is 2. The number of rotatable bonds is 9. The van der Waals surface area contributed by atoms with E-state index in [0.29, 0.717) is 18.8 Å². The molecule has 0 heterocycles. The minimum absolute atomic E-state index is 0.0434. The molecule has 0 spiro atoms. The second kappa shape index (κ2) is 9.86. The molecular weight excluding hydrogens is 416 g/mol. The lowest BCUT2D eigenvalue weighted by Gasteiger charge is -2.22. The van der Waals surface area contributed by atoms with Gasteiger partial charge in [-0.15, -0.1) is 0 Å². The van der Waals surface area contributed by atoms with Crippen LogP contribution in [0.5, 0.6) is 5.75 Å². The van der Waals surface area contributed by atoms with Gasteiger partial charge in [0.15, 0.2) is 0 Å². The average Bonchev–Trinajstić information content (AvgIpc) is 2.68. The minimum atomic E-state index is -3.73. The molecule has 0 bridgehead atoms. The Hall–Kier alpha value is -2.72. The van der Waals surface area contributed by atoms with Gasteiger partial charge in [0.1, 0.15) is 5.75 Å². The maximum absolute atomic E-state index is 12.8. The lowest BCUT2D eigenvalue weighted by atomic mass is 10.2. The van der Waals surface area contributed by atoms with Gasteiger partial charge in [-0.25, -0.2) is 8.42 Å². The molecule has 2 aromatic carbocycles. The topological polar surface area (TPSA) is 79.0 Å². The van der Waals surface area contributed by atoms with Crippen LogP contribution in [0.25, 0.3) is 0 Å². The van der Waals surface area contributed by atoms with Crippen molar-refractivity contribution in [1.82, 2.24) is 4.31 Å². The molecule has 2 rings (SSSR count). The van der Waals surface area contributed by atoms with E-state index in [9.17, 15) is 22.0 Å². The largest absolute Gasteiger partial charge is 0.435 e. The molecule has 2 aromatic rings. The Kier molecular flexibility index (Phi) is 7.74. The van der Waals surface area contributed by atoms with Crippen LogP contribution in [0.3, 0.4) is 0 Å². The Morgan fingerprint density at radius 1 is 1.10 bits per heavy atom. The molecule has 0 aliphatic heterocycles. The number of hydrogen-bond acceptors (Lipinski definition) is 5. The zero-order chi connectivity index (χ0) is 22.5. The predicted molar refractivity (Wildman–Crippen MR) is 112 cm³/mol. The molecule has 0 aliphatic carbocycles. The normalized spacial score (nSPS) is 11.6. The number of nitrogens with one attached hydrogen (secondary N) is 1. The smallest absolute Gasteiger partial charge is 0.387 e. The summed E-state index contributed by atoms with van der Waals surface area (Å²) < 4.78 is 56.2. The summed E-state index contributed by atoms with van der Waals surface area (Å²) in [6.07, 6.45) is 0. The van der Waals surface area contributed by atoms with E-state index in [1.54, 1.807) is 38.9 Å². The van der Waals surface area contributed by atoms with Crippen LogP contribution in [0.1, 0.15) is 24.2 Å². The molecule has 0 unspecified atom stereocenters. The van der Waals surface area contributed by atoms with Crippen LogP contribution in [-0.2, 0) is 10.0 Å². The summed E-state index contributed by atoms with van der Waals surface area (Å²) in [4.78, 5) is 14.5. The van der Waals surface area contributed by atoms with E-state index >= 15 is 0 Å². The highest BCUT2D eigenvalue weighted by Gasteiger charge is 2.23. The van der Waals surface area contributed by atoms with Crippen LogP contribution in [0.2, 0.25) is 0 Å². The van der Waals surface area contributed by atoms with Gasteiger partial charge in [0.2, 0.25) is 10.0 Å². The number of ether oxygens (including phenoxy) is 1. The van der Waals surface area contributed by atoms with E-state index in [1.807, 2.05) is 0 Å². The van der Waals surface area contributed by atoms with Crippen molar-refractivity contribution in [2.24, 2.45) is 0 Å². The first-order valence-corrected chi connectivity index (χ1v) is 10.7. The van der Waals surface area contributed by atoms with E-state index in [4.69, 9.17) is 0 Å².